The van der Waals surface area contributed by atoms with Crippen LogP contribution in [0.4, 0.5) is 0 Å². The molecule has 2 atom stereocenters. The SMILES string of the molecule is CCOC(=O)C(CP=O)(CC(C)C)C(O)OCC. The normalized spacial score (nSPS) is 16.6. The first-order chi connectivity index (χ1) is 8.44. The van der Waals surface area contributed by atoms with Gasteiger partial charge in [0.15, 0.2) is 14.8 Å². The van der Waals surface area contributed by atoms with Gasteiger partial charge in [-0.15, -0.1) is 0 Å². The molecule has 0 aromatic rings. The largest absolute Gasteiger partial charge is 0.465 e. The zero-order valence-corrected chi connectivity index (χ0v) is 12.4. The van der Waals surface area contributed by atoms with Gasteiger partial charge in [0.1, 0.15) is 5.41 Å². The van der Waals surface area contributed by atoms with E-state index in [9.17, 15) is 14.5 Å². The van der Waals surface area contributed by atoms with E-state index in [-0.39, 0.29) is 33.8 Å². The van der Waals surface area contributed by atoms with Gasteiger partial charge in [-0.1, -0.05) is 13.8 Å². The second-order valence-electron chi connectivity index (χ2n) is 4.57. The van der Waals surface area contributed by atoms with Gasteiger partial charge in [-0.3, -0.25) is 9.36 Å². The predicted octanol–water partition coefficient (Wildman–Crippen LogP) is 2.23. The molecule has 0 aromatic carbocycles. The molecule has 0 saturated carbocycles. The molecular formula is C12H23O5P. The van der Waals surface area contributed by atoms with E-state index in [0.29, 0.717) is 6.42 Å². The van der Waals surface area contributed by atoms with Crippen LogP contribution in [0, 0.1) is 11.3 Å². The van der Waals surface area contributed by atoms with Crippen molar-refractivity contribution in [2.24, 2.45) is 11.3 Å². The highest BCUT2D eigenvalue weighted by Crippen LogP contribution is 2.36. The molecule has 0 spiro atoms. The molecule has 0 saturated heterocycles. The Kier molecular flexibility index (Phi) is 8.32. The third kappa shape index (κ3) is 4.63. The summed E-state index contributed by atoms with van der Waals surface area (Å²) in [6, 6.07) is 0. The molecule has 0 rings (SSSR count). The van der Waals surface area contributed by atoms with Crippen molar-refractivity contribution in [2.45, 2.75) is 40.4 Å². The smallest absolute Gasteiger partial charge is 0.318 e. The van der Waals surface area contributed by atoms with Crippen LogP contribution in [0.2, 0.25) is 0 Å². The van der Waals surface area contributed by atoms with E-state index in [4.69, 9.17) is 9.47 Å². The number of hydrogen-bond acceptors (Lipinski definition) is 5. The lowest BCUT2D eigenvalue weighted by atomic mass is 9.81. The molecule has 2 unspecified atom stereocenters. The molecule has 0 aromatic heterocycles. The third-order valence-corrected chi connectivity index (χ3v) is 3.29. The maximum Gasteiger partial charge on any atom is 0.318 e. The van der Waals surface area contributed by atoms with Crippen LogP contribution in [-0.2, 0) is 18.8 Å². The van der Waals surface area contributed by atoms with Crippen LogP contribution < -0.4 is 0 Å². The molecule has 0 bridgehead atoms. The van der Waals surface area contributed by atoms with Crippen molar-refractivity contribution in [1.29, 1.82) is 0 Å². The highest BCUT2D eigenvalue weighted by molar-refractivity contribution is 7.23. The lowest BCUT2D eigenvalue weighted by molar-refractivity contribution is -0.199. The minimum Gasteiger partial charge on any atom is -0.465 e. The van der Waals surface area contributed by atoms with Crippen LogP contribution in [0.3, 0.4) is 0 Å². The van der Waals surface area contributed by atoms with Gasteiger partial charge >= 0.3 is 5.97 Å². The summed E-state index contributed by atoms with van der Waals surface area (Å²) in [5, 5.41) is 10.1. The first kappa shape index (κ1) is 17.5. The molecule has 0 heterocycles. The highest BCUT2D eigenvalue weighted by atomic mass is 31.1. The molecule has 18 heavy (non-hydrogen) atoms. The van der Waals surface area contributed by atoms with Crippen LogP contribution in [0.1, 0.15) is 34.1 Å². The summed E-state index contributed by atoms with van der Waals surface area (Å²) >= 11 is 0. The zero-order chi connectivity index (χ0) is 14.2. The van der Waals surface area contributed by atoms with Gasteiger partial charge in [-0.05, 0) is 26.2 Å². The molecule has 106 valence electrons. The van der Waals surface area contributed by atoms with E-state index in [1.807, 2.05) is 13.8 Å². The summed E-state index contributed by atoms with van der Waals surface area (Å²) in [5.74, 6) is -0.408. The Balaban J connectivity index is 5.24. The second-order valence-corrected chi connectivity index (χ2v) is 5.14. The summed E-state index contributed by atoms with van der Waals surface area (Å²) in [4.78, 5) is 12.1. The van der Waals surface area contributed by atoms with Crippen molar-refractivity contribution in [3.63, 3.8) is 0 Å². The lowest BCUT2D eigenvalue weighted by Gasteiger charge is -2.34. The van der Waals surface area contributed by atoms with Crippen LogP contribution >= 0.6 is 8.46 Å². The van der Waals surface area contributed by atoms with Crippen molar-refractivity contribution in [2.75, 3.05) is 19.4 Å². The van der Waals surface area contributed by atoms with Gasteiger partial charge in [0, 0.05) is 12.8 Å². The Labute approximate surface area is 110 Å². The van der Waals surface area contributed by atoms with E-state index in [2.05, 4.69) is 0 Å². The first-order valence-electron chi connectivity index (χ1n) is 6.20. The third-order valence-electron chi connectivity index (χ3n) is 2.60. The predicted molar refractivity (Wildman–Crippen MR) is 68.6 cm³/mol. The number of aliphatic hydroxyl groups is 1. The minimum atomic E-state index is -1.30. The average molecular weight is 278 g/mol. The van der Waals surface area contributed by atoms with E-state index in [1.165, 1.54) is 0 Å². The van der Waals surface area contributed by atoms with Crippen molar-refractivity contribution in [3.05, 3.63) is 0 Å². The summed E-state index contributed by atoms with van der Waals surface area (Å²) in [6.07, 6.45) is -0.946. The molecule has 0 aliphatic rings. The van der Waals surface area contributed by atoms with Crippen LogP contribution in [-0.4, -0.2) is 36.7 Å². The Morgan fingerprint density at radius 2 is 1.94 bits per heavy atom. The number of hydrogen-bond donors (Lipinski definition) is 1. The fraction of sp³-hybridized carbons (Fsp3) is 0.917. The zero-order valence-electron chi connectivity index (χ0n) is 11.5. The van der Waals surface area contributed by atoms with E-state index in [1.54, 1.807) is 13.8 Å². The number of ether oxygens (including phenoxy) is 2. The number of carbonyl (C=O) groups is 1. The Hall–Kier alpha value is -0.510. The molecule has 0 radical (unpaired) electrons. The van der Waals surface area contributed by atoms with Crippen molar-refractivity contribution >= 4 is 14.4 Å². The molecule has 6 heteroatoms. The van der Waals surface area contributed by atoms with Gasteiger partial charge in [-0.25, -0.2) is 0 Å². The van der Waals surface area contributed by atoms with Gasteiger partial charge < -0.3 is 14.6 Å². The maximum absolute atomic E-state index is 12.1. The molecule has 1 N–H and O–H groups in total. The average Bonchev–Trinajstić information content (AvgIpc) is 2.28. The number of carbonyl (C=O) groups excluding carboxylic acids is 1. The fourth-order valence-corrected chi connectivity index (χ4v) is 2.57. The first-order valence-corrected chi connectivity index (χ1v) is 7.20. The quantitative estimate of drug-likeness (QED) is 0.398. The van der Waals surface area contributed by atoms with E-state index in [0.717, 1.165) is 0 Å². The number of rotatable bonds is 9. The molecular weight excluding hydrogens is 255 g/mol. The number of aliphatic hydroxyl groups excluding tert-OH is 1. The topological polar surface area (TPSA) is 72.8 Å². The lowest BCUT2D eigenvalue weighted by Crippen LogP contribution is -2.47. The number of esters is 1. The summed E-state index contributed by atoms with van der Waals surface area (Å²) in [5.41, 5.74) is -1.26. The van der Waals surface area contributed by atoms with Gasteiger partial charge in [0.05, 0.1) is 6.61 Å². The maximum atomic E-state index is 12.1. The Morgan fingerprint density at radius 3 is 2.33 bits per heavy atom. The van der Waals surface area contributed by atoms with Gasteiger partial charge in [-0.2, -0.15) is 0 Å². The van der Waals surface area contributed by atoms with Crippen molar-refractivity contribution < 1.29 is 23.9 Å². The van der Waals surface area contributed by atoms with Crippen LogP contribution in [0.5, 0.6) is 0 Å². The molecule has 0 fully saturated rings. The Bertz CT molecular complexity index is 269. The molecule has 0 amide bonds. The van der Waals surface area contributed by atoms with Crippen LogP contribution in [0.25, 0.3) is 0 Å². The van der Waals surface area contributed by atoms with Crippen molar-refractivity contribution in [1.82, 2.24) is 0 Å². The summed E-state index contributed by atoms with van der Waals surface area (Å²) < 4.78 is 21.1. The van der Waals surface area contributed by atoms with Gasteiger partial charge in [0.25, 0.3) is 0 Å². The highest BCUT2D eigenvalue weighted by Gasteiger charge is 2.48. The summed E-state index contributed by atoms with van der Waals surface area (Å²) in [7, 11) is -0.210. The Morgan fingerprint density at radius 1 is 1.33 bits per heavy atom. The van der Waals surface area contributed by atoms with E-state index >= 15 is 0 Å². The van der Waals surface area contributed by atoms with Crippen LogP contribution in [0.15, 0.2) is 0 Å². The van der Waals surface area contributed by atoms with Crippen molar-refractivity contribution in [3.8, 4) is 0 Å². The summed E-state index contributed by atoms with van der Waals surface area (Å²) in [6.45, 7) is 7.76. The second kappa shape index (κ2) is 8.57. The standard InChI is InChI=1S/C12H23O5P/c1-5-16-10(13)12(8-18-15,7-9(3)4)11(14)17-6-2/h9-10,13H,5-8H2,1-4H3. The minimum absolute atomic E-state index is 0.00875. The monoisotopic (exact) mass is 278 g/mol. The molecule has 0 aliphatic heterocycles. The molecule has 5 nitrogen and oxygen atoms in total. The van der Waals surface area contributed by atoms with Gasteiger partial charge in [0.2, 0.25) is 0 Å². The van der Waals surface area contributed by atoms with E-state index < -0.39 is 17.7 Å². The molecule has 0 aliphatic carbocycles. The fourth-order valence-electron chi connectivity index (χ4n) is 1.93.